The van der Waals surface area contributed by atoms with Crippen LogP contribution >= 0.6 is 15.9 Å². The van der Waals surface area contributed by atoms with Crippen molar-refractivity contribution < 1.29 is 0 Å². The second-order valence-corrected chi connectivity index (χ2v) is 6.63. The number of rotatable bonds is 6. The van der Waals surface area contributed by atoms with Gasteiger partial charge >= 0.3 is 0 Å². The SMILES string of the molecule is CCCNC(C)c1cc(Br)ccc1-n1ccc(C(C)C)n1. The highest BCUT2D eigenvalue weighted by Gasteiger charge is 2.13. The Morgan fingerprint density at radius 1 is 1.24 bits per heavy atom. The topological polar surface area (TPSA) is 29.9 Å². The van der Waals surface area contributed by atoms with Crippen LogP contribution in [0.5, 0.6) is 0 Å². The van der Waals surface area contributed by atoms with Gasteiger partial charge in [0.25, 0.3) is 0 Å². The maximum absolute atomic E-state index is 4.71. The summed E-state index contributed by atoms with van der Waals surface area (Å²) in [6.07, 6.45) is 3.18. The van der Waals surface area contributed by atoms with Gasteiger partial charge in [0, 0.05) is 16.7 Å². The van der Waals surface area contributed by atoms with Crippen LogP contribution in [0.2, 0.25) is 0 Å². The lowest BCUT2D eigenvalue weighted by molar-refractivity contribution is 0.566. The van der Waals surface area contributed by atoms with Gasteiger partial charge in [-0.2, -0.15) is 5.10 Å². The van der Waals surface area contributed by atoms with Crippen molar-refractivity contribution in [2.24, 2.45) is 0 Å². The summed E-state index contributed by atoms with van der Waals surface area (Å²) in [5.41, 5.74) is 3.52. The number of halogens is 1. The van der Waals surface area contributed by atoms with Gasteiger partial charge in [-0.25, -0.2) is 4.68 Å². The van der Waals surface area contributed by atoms with Crippen LogP contribution in [0, 0.1) is 0 Å². The largest absolute Gasteiger partial charge is 0.310 e. The summed E-state index contributed by atoms with van der Waals surface area (Å²) in [7, 11) is 0. The highest BCUT2D eigenvalue weighted by molar-refractivity contribution is 9.10. The van der Waals surface area contributed by atoms with Crippen molar-refractivity contribution >= 4 is 15.9 Å². The number of benzene rings is 1. The van der Waals surface area contributed by atoms with Gasteiger partial charge in [0.05, 0.1) is 11.4 Å². The Bertz CT molecular complexity index is 589. The maximum atomic E-state index is 4.71. The quantitative estimate of drug-likeness (QED) is 0.810. The van der Waals surface area contributed by atoms with E-state index in [9.17, 15) is 0 Å². The molecule has 2 aromatic rings. The van der Waals surface area contributed by atoms with Crippen molar-refractivity contribution in [3.05, 3.63) is 46.2 Å². The minimum atomic E-state index is 0.296. The summed E-state index contributed by atoms with van der Waals surface area (Å²) in [6.45, 7) is 9.74. The number of aromatic nitrogens is 2. The molecule has 1 aromatic carbocycles. The third kappa shape index (κ3) is 3.95. The molecule has 0 amide bonds. The van der Waals surface area contributed by atoms with Gasteiger partial charge in [0.2, 0.25) is 0 Å². The fourth-order valence-electron chi connectivity index (χ4n) is 2.33. The molecule has 1 unspecified atom stereocenters. The second-order valence-electron chi connectivity index (χ2n) is 5.72. The fraction of sp³-hybridized carbons (Fsp3) is 0.471. The Hall–Kier alpha value is -1.13. The Morgan fingerprint density at radius 2 is 2.00 bits per heavy atom. The zero-order valence-electron chi connectivity index (χ0n) is 13.2. The molecule has 3 nitrogen and oxygen atoms in total. The lowest BCUT2D eigenvalue weighted by Crippen LogP contribution is -2.21. The highest BCUT2D eigenvalue weighted by atomic mass is 79.9. The molecule has 0 spiro atoms. The van der Waals surface area contributed by atoms with E-state index >= 15 is 0 Å². The molecule has 0 fully saturated rings. The zero-order chi connectivity index (χ0) is 15.4. The van der Waals surface area contributed by atoms with Crippen molar-refractivity contribution in [2.45, 2.75) is 46.1 Å². The Balaban J connectivity index is 2.37. The van der Waals surface area contributed by atoms with Gasteiger partial charge in [-0.15, -0.1) is 0 Å². The first kappa shape index (κ1) is 16.2. The van der Waals surface area contributed by atoms with Crippen molar-refractivity contribution in [1.29, 1.82) is 0 Å². The van der Waals surface area contributed by atoms with Crippen molar-refractivity contribution in [1.82, 2.24) is 15.1 Å². The number of nitrogens with zero attached hydrogens (tertiary/aromatic N) is 2. The Kier molecular flexibility index (Phi) is 5.59. The van der Waals surface area contributed by atoms with E-state index in [-0.39, 0.29) is 0 Å². The monoisotopic (exact) mass is 349 g/mol. The van der Waals surface area contributed by atoms with E-state index in [0.29, 0.717) is 12.0 Å². The molecule has 21 heavy (non-hydrogen) atoms. The van der Waals surface area contributed by atoms with E-state index in [1.165, 1.54) is 5.56 Å². The van der Waals surface area contributed by atoms with Crippen LogP contribution < -0.4 is 5.32 Å². The summed E-state index contributed by atoms with van der Waals surface area (Å²) in [4.78, 5) is 0. The molecular formula is C17H24BrN3. The first-order chi connectivity index (χ1) is 10.0. The number of hydrogen-bond donors (Lipinski definition) is 1. The van der Waals surface area contributed by atoms with E-state index in [1.54, 1.807) is 0 Å². The molecule has 0 radical (unpaired) electrons. The molecule has 0 bridgehead atoms. The van der Waals surface area contributed by atoms with Crippen molar-refractivity contribution in [3.8, 4) is 5.69 Å². The summed E-state index contributed by atoms with van der Waals surface area (Å²) in [5.74, 6) is 0.445. The minimum absolute atomic E-state index is 0.296. The minimum Gasteiger partial charge on any atom is -0.310 e. The summed E-state index contributed by atoms with van der Waals surface area (Å²) in [6, 6.07) is 8.77. The third-order valence-corrected chi connectivity index (χ3v) is 4.10. The van der Waals surface area contributed by atoms with Crippen LogP contribution in [0.25, 0.3) is 5.69 Å². The second kappa shape index (κ2) is 7.23. The molecule has 0 saturated heterocycles. The van der Waals surface area contributed by atoms with E-state index in [2.05, 4.69) is 79.4 Å². The molecule has 4 heteroatoms. The fourth-order valence-corrected chi connectivity index (χ4v) is 2.71. The normalized spacial score (nSPS) is 12.9. The molecule has 2 rings (SSSR count). The van der Waals surface area contributed by atoms with Crippen molar-refractivity contribution in [2.75, 3.05) is 6.54 Å². The van der Waals surface area contributed by atoms with Crippen LogP contribution in [-0.4, -0.2) is 16.3 Å². The average molecular weight is 350 g/mol. The molecular weight excluding hydrogens is 326 g/mol. The first-order valence-corrected chi connectivity index (χ1v) is 8.41. The van der Waals surface area contributed by atoms with Gasteiger partial charge in [0.15, 0.2) is 0 Å². The third-order valence-electron chi connectivity index (χ3n) is 3.60. The Labute approximate surface area is 135 Å². The number of nitrogens with one attached hydrogen (secondary N) is 1. The first-order valence-electron chi connectivity index (χ1n) is 7.61. The van der Waals surface area contributed by atoms with Gasteiger partial charge in [0.1, 0.15) is 0 Å². The Morgan fingerprint density at radius 3 is 2.62 bits per heavy atom. The van der Waals surface area contributed by atoms with E-state index in [0.717, 1.165) is 28.8 Å². The van der Waals surface area contributed by atoms with Crippen LogP contribution in [0.1, 0.15) is 57.3 Å². The lowest BCUT2D eigenvalue weighted by Gasteiger charge is -2.18. The molecule has 0 aliphatic heterocycles. The average Bonchev–Trinajstić information content (AvgIpc) is 2.94. The van der Waals surface area contributed by atoms with E-state index in [4.69, 9.17) is 5.10 Å². The van der Waals surface area contributed by atoms with E-state index in [1.807, 2.05) is 4.68 Å². The highest BCUT2D eigenvalue weighted by Crippen LogP contribution is 2.26. The van der Waals surface area contributed by atoms with Crippen LogP contribution in [0.15, 0.2) is 34.9 Å². The number of hydrogen-bond acceptors (Lipinski definition) is 2. The standard InChI is InChI=1S/C17H24BrN3/c1-5-9-19-13(4)15-11-14(18)6-7-17(15)21-10-8-16(20-21)12(2)3/h6-8,10-13,19H,5,9H2,1-4H3. The van der Waals surface area contributed by atoms with Gasteiger partial charge in [-0.3, -0.25) is 0 Å². The van der Waals surface area contributed by atoms with Crippen LogP contribution in [0.3, 0.4) is 0 Å². The predicted molar refractivity (Wildman–Crippen MR) is 92.1 cm³/mol. The zero-order valence-corrected chi connectivity index (χ0v) is 14.8. The maximum Gasteiger partial charge on any atom is 0.0694 e. The van der Waals surface area contributed by atoms with Crippen molar-refractivity contribution in [3.63, 3.8) is 0 Å². The molecule has 1 N–H and O–H groups in total. The summed E-state index contributed by atoms with van der Waals surface area (Å²) in [5, 5.41) is 8.26. The summed E-state index contributed by atoms with van der Waals surface area (Å²) < 4.78 is 3.09. The lowest BCUT2D eigenvalue weighted by atomic mass is 10.1. The molecule has 1 heterocycles. The van der Waals surface area contributed by atoms with Gasteiger partial charge in [-0.05, 0) is 55.6 Å². The predicted octanol–water partition coefficient (Wildman–Crippen LogP) is 4.82. The molecule has 0 saturated carbocycles. The van der Waals surface area contributed by atoms with Gasteiger partial charge < -0.3 is 5.32 Å². The molecule has 114 valence electrons. The van der Waals surface area contributed by atoms with Crippen LogP contribution in [-0.2, 0) is 0 Å². The van der Waals surface area contributed by atoms with Gasteiger partial charge in [-0.1, -0.05) is 36.7 Å². The molecule has 0 aliphatic rings. The van der Waals surface area contributed by atoms with E-state index < -0.39 is 0 Å². The molecule has 0 aliphatic carbocycles. The smallest absolute Gasteiger partial charge is 0.0694 e. The molecule has 1 atom stereocenters. The summed E-state index contributed by atoms with van der Waals surface area (Å²) >= 11 is 3.58. The molecule has 1 aromatic heterocycles. The van der Waals surface area contributed by atoms with Crippen LogP contribution in [0.4, 0.5) is 0 Å².